The Hall–Kier alpha value is -0.150. The largest absolute Gasteiger partial charge is 0.299 e. The summed E-state index contributed by atoms with van der Waals surface area (Å²) in [6.45, 7) is 1.74. The molecule has 14 heavy (non-hydrogen) atoms. The van der Waals surface area contributed by atoms with E-state index in [1.165, 1.54) is 17.7 Å². The van der Waals surface area contributed by atoms with E-state index in [1.807, 2.05) is 6.07 Å². The van der Waals surface area contributed by atoms with E-state index in [0.29, 0.717) is 5.78 Å². The summed E-state index contributed by atoms with van der Waals surface area (Å²) in [5.41, 5.74) is -0.142. The van der Waals surface area contributed by atoms with E-state index in [9.17, 15) is 4.79 Å². The zero-order valence-electron chi connectivity index (χ0n) is 8.18. The molecule has 1 aromatic rings. The minimum absolute atomic E-state index is 0.142. The van der Waals surface area contributed by atoms with Gasteiger partial charge in [0.2, 0.25) is 0 Å². The van der Waals surface area contributed by atoms with Crippen LogP contribution >= 0.6 is 27.3 Å². The number of rotatable bonds is 2. The fourth-order valence-electron chi connectivity index (χ4n) is 2.32. The van der Waals surface area contributed by atoms with E-state index in [4.69, 9.17) is 0 Å². The average Bonchev–Trinajstić information content (AvgIpc) is 2.71. The van der Waals surface area contributed by atoms with Crippen molar-refractivity contribution in [2.45, 2.75) is 38.0 Å². The van der Waals surface area contributed by atoms with E-state index in [2.05, 4.69) is 22.0 Å². The number of halogens is 1. The summed E-state index contributed by atoms with van der Waals surface area (Å²) in [5, 5.41) is 0. The molecule has 0 radical (unpaired) electrons. The van der Waals surface area contributed by atoms with Crippen LogP contribution in [0.5, 0.6) is 0 Å². The molecule has 0 N–H and O–H groups in total. The number of hydrogen-bond acceptors (Lipinski definition) is 2. The number of Topliss-reactive ketones (excluding diaryl/α,β-unsaturated/α-hetero) is 1. The molecule has 1 nitrogen and oxygen atoms in total. The van der Waals surface area contributed by atoms with E-state index in [-0.39, 0.29) is 5.41 Å². The molecule has 0 bridgehead atoms. The first-order valence-electron chi connectivity index (χ1n) is 4.92. The second kappa shape index (κ2) is 3.78. The number of thiophene rings is 1. The van der Waals surface area contributed by atoms with Crippen LogP contribution in [0.4, 0.5) is 0 Å². The van der Waals surface area contributed by atoms with Crippen molar-refractivity contribution in [2.24, 2.45) is 0 Å². The van der Waals surface area contributed by atoms with Gasteiger partial charge in [0, 0.05) is 4.88 Å². The molecule has 2 rings (SSSR count). The van der Waals surface area contributed by atoms with Crippen LogP contribution in [0.25, 0.3) is 0 Å². The summed E-state index contributed by atoms with van der Waals surface area (Å²) in [6.07, 6.45) is 4.45. The van der Waals surface area contributed by atoms with Crippen LogP contribution in [0, 0.1) is 0 Å². The lowest BCUT2D eigenvalue weighted by Crippen LogP contribution is -2.29. The molecular weight excluding hydrogens is 260 g/mol. The summed E-state index contributed by atoms with van der Waals surface area (Å²) in [7, 11) is 0. The second-order valence-electron chi connectivity index (χ2n) is 3.95. The molecule has 1 saturated carbocycles. The van der Waals surface area contributed by atoms with Gasteiger partial charge >= 0.3 is 0 Å². The van der Waals surface area contributed by atoms with E-state index in [0.717, 1.165) is 16.6 Å². The Bertz CT molecular complexity index is 350. The zero-order valence-corrected chi connectivity index (χ0v) is 10.6. The highest BCUT2D eigenvalue weighted by molar-refractivity contribution is 9.11. The molecule has 0 unspecified atom stereocenters. The van der Waals surface area contributed by atoms with Gasteiger partial charge in [-0.3, -0.25) is 4.79 Å². The smallest absolute Gasteiger partial charge is 0.141 e. The van der Waals surface area contributed by atoms with Gasteiger partial charge in [-0.15, -0.1) is 11.3 Å². The minimum Gasteiger partial charge on any atom is -0.299 e. The third kappa shape index (κ3) is 1.57. The first-order chi connectivity index (χ1) is 6.65. The maximum absolute atomic E-state index is 11.8. The molecule has 0 saturated heterocycles. The van der Waals surface area contributed by atoms with Crippen molar-refractivity contribution in [3.63, 3.8) is 0 Å². The molecule has 1 aliphatic rings. The molecular formula is C11H13BrOS. The maximum Gasteiger partial charge on any atom is 0.141 e. The Morgan fingerprint density at radius 2 is 2.07 bits per heavy atom. The molecule has 1 heterocycles. The summed E-state index contributed by atoms with van der Waals surface area (Å²) in [4.78, 5) is 13.0. The molecule has 3 heteroatoms. The molecule has 1 aromatic heterocycles. The lowest BCUT2D eigenvalue weighted by molar-refractivity contribution is -0.122. The molecule has 1 aliphatic carbocycles. The SMILES string of the molecule is CC(=O)C1(c2ccc(Br)s2)CCCC1. The third-order valence-corrected chi connectivity index (χ3v) is 5.00. The highest BCUT2D eigenvalue weighted by Crippen LogP contribution is 2.45. The Balaban J connectivity index is 2.41. The predicted octanol–water partition coefficient (Wildman–Crippen LogP) is 3.91. The Morgan fingerprint density at radius 1 is 1.43 bits per heavy atom. The minimum atomic E-state index is -0.142. The maximum atomic E-state index is 11.8. The quantitative estimate of drug-likeness (QED) is 0.798. The summed E-state index contributed by atoms with van der Waals surface area (Å²) in [5.74, 6) is 0.337. The van der Waals surface area contributed by atoms with Gasteiger partial charge < -0.3 is 0 Å². The van der Waals surface area contributed by atoms with E-state index < -0.39 is 0 Å². The summed E-state index contributed by atoms with van der Waals surface area (Å²) in [6, 6.07) is 4.14. The molecule has 76 valence electrons. The van der Waals surface area contributed by atoms with E-state index in [1.54, 1.807) is 18.3 Å². The van der Waals surface area contributed by atoms with Gasteiger partial charge in [0.05, 0.1) is 9.20 Å². The Kier molecular flexibility index (Phi) is 2.80. The fourth-order valence-corrected chi connectivity index (χ4v) is 4.00. The molecule has 0 atom stereocenters. The van der Waals surface area contributed by atoms with Crippen molar-refractivity contribution in [1.29, 1.82) is 0 Å². The molecule has 0 aliphatic heterocycles. The molecule has 0 aromatic carbocycles. The van der Waals surface area contributed by atoms with Crippen LogP contribution in [0.15, 0.2) is 15.9 Å². The number of ketones is 1. The van der Waals surface area contributed by atoms with Crippen LogP contribution in [0.2, 0.25) is 0 Å². The van der Waals surface area contributed by atoms with Crippen molar-refractivity contribution in [3.8, 4) is 0 Å². The van der Waals surface area contributed by atoms with Crippen molar-refractivity contribution in [2.75, 3.05) is 0 Å². The van der Waals surface area contributed by atoms with Gasteiger partial charge in [-0.2, -0.15) is 0 Å². The average molecular weight is 273 g/mol. The Morgan fingerprint density at radius 3 is 2.50 bits per heavy atom. The Labute approximate surface area is 96.6 Å². The van der Waals surface area contributed by atoms with Crippen molar-refractivity contribution in [1.82, 2.24) is 0 Å². The van der Waals surface area contributed by atoms with Crippen molar-refractivity contribution in [3.05, 3.63) is 20.8 Å². The monoisotopic (exact) mass is 272 g/mol. The molecule has 0 spiro atoms. The lowest BCUT2D eigenvalue weighted by atomic mass is 9.81. The third-order valence-electron chi connectivity index (χ3n) is 3.18. The zero-order chi connectivity index (χ0) is 10.2. The standard InChI is InChI=1S/C11H13BrOS/c1-8(13)11(6-2-3-7-11)9-4-5-10(12)14-9/h4-5H,2-3,6-7H2,1H3. The predicted molar refractivity (Wildman–Crippen MR) is 62.8 cm³/mol. The van der Waals surface area contributed by atoms with Crippen LogP contribution < -0.4 is 0 Å². The molecule has 0 amide bonds. The van der Waals surface area contributed by atoms with Crippen molar-refractivity contribution >= 4 is 33.0 Å². The van der Waals surface area contributed by atoms with Gasteiger partial charge in [-0.25, -0.2) is 0 Å². The van der Waals surface area contributed by atoms with Gasteiger partial charge in [-0.1, -0.05) is 12.8 Å². The summed E-state index contributed by atoms with van der Waals surface area (Å²) < 4.78 is 1.13. The van der Waals surface area contributed by atoms with E-state index >= 15 is 0 Å². The highest BCUT2D eigenvalue weighted by atomic mass is 79.9. The highest BCUT2D eigenvalue weighted by Gasteiger charge is 2.40. The van der Waals surface area contributed by atoms with Gasteiger partial charge in [-0.05, 0) is 47.8 Å². The second-order valence-corrected chi connectivity index (χ2v) is 6.41. The van der Waals surface area contributed by atoms with Gasteiger partial charge in [0.1, 0.15) is 5.78 Å². The number of carbonyl (C=O) groups is 1. The van der Waals surface area contributed by atoms with Crippen LogP contribution in [-0.4, -0.2) is 5.78 Å². The summed E-state index contributed by atoms with van der Waals surface area (Å²) >= 11 is 5.17. The van der Waals surface area contributed by atoms with Crippen LogP contribution in [0.3, 0.4) is 0 Å². The number of carbonyl (C=O) groups excluding carboxylic acids is 1. The first-order valence-corrected chi connectivity index (χ1v) is 6.53. The van der Waals surface area contributed by atoms with Crippen LogP contribution in [0.1, 0.15) is 37.5 Å². The first kappa shape index (κ1) is 10.4. The normalized spacial score (nSPS) is 19.9. The topological polar surface area (TPSA) is 17.1 Å². The fraction of sp³-hybridized carbons (Fsp3) is 0.545. The van der Waals surface area contributed by atoms with Gasteiger partial charge in [0.15, 0.2) is 0 Å². The van der Waals surface area contributed by atoms with Crippen LogP contribution in [-0.2, 0) is 10.2 Å². The lowest BCUT2D eigenvalue weighted by Gasteiger charge is -2.24. The molecule has 1 fully saturated rings. The number of hydrogen-bond donors (Lipinski definition) is 0. The van der Waals surface area contributed by atoms with Gasteiger partial charge in [0.25, 0.3) is 0 Å². The van der Waals surface area contributed by atoms with Crippen molar-refractivity contribution < 1.29 is 4.79 Å².